The van der Waals surface area contributed by atoms with Crippen molar-refractivity contribution in [2.24, 2.45) is 0 Å². The van der Waals surface area contributed by atoms with Crippen LogP contribution < -0.4 is 18.9 Å². The van der Waals surface area contributed by atoms with Crippen LogP contribution in [0.1, 0.15) is 71.2 Å². The van der Waals surface area contributed by atoms with Gasteiger partial charge in [-0.15, -0.1) is 23.2 Å². The van der Waals surface area contributed by atoms with Gasteiger partial charge in [0.15, 0.2) is 0 Å². The van der Waals surface area contributed by atoms with E-state index in [0.29, 0.717) is 117 Å². The molecule has 304 valence electrons. The smallest absolute Gasteiger partial charge is 0.126 e. The molecule has 0 aromatic heterocycles. The predicted molar refractivity (Wildman–Crippen MR) is 224 cm³/mol. The lowest BCUT2D eigenvalue weighted by Crippen LogP contribution is -2.14. The Morgan fingerprint density at radius 3 is 0.821 bits per heavy atom. The summed E-state index contributed by atoms with van der Waals surface area (Å²) in [5, 5.41) is 0. The van der Waals surface area contributed by atoms with Gasteiger partial charge >= 0.3 is 0 Å². The molecule has 0 saturated heterocycles. The van der Waals surface area contributed by atoms with Gasteiger partial charge in [-0.2, -0.15) is 0 Å². The van der Waals surface area contributed by atoms with Gasteiger partial charge in [-0.1, -0.05) is 86.6 Å². The number of ether oxygens (including phenoxy) is 8. The monoisotopic (exact) mass is 808 g/mol. The van der Waals surface area contributed by atoms with Crippen LogP contribution >= 0.6 is 23.2 Å². The van der Waals surface area contributed by atoms with Crippen molar-refractivity contribution in [2.75, 3.05) is 91.0 Å². The average Bonchev–Trinajstić information content (AvgIpc) is 3.20. The summed E-state index contributed by atoms with van der Waals surface area (Å²) in [5.41, 5.74) is 8.78. The highest BCUT2D eigenvalue weighted by atomic mass is 35.5. The van der Waals surface area contributed by atoms with Crippen molar-refractivity contribution in [1.29, 1.82) is 0 Å². The van der Waals surface area contributed by atoms with Crippen molar-refractivity contribution in [3.05, 3.63) is 117 Å². The third-order valence-corrected chi connectivity index (χ3v) is 9.58. The maximum atomic E-state index is 6.65. The van der Waals surface area contributed by atoms with Gasteiger partial charge in [0.05, 0.1) is 66.1 Å². The van der Waals surface area contributed by atoms with E-state index in [1.54, 1.807) is 0 Å². The number of para-hydroxylation sites is 4. The Hall–Kier alpha value is -3.50. The highest BCUT2D eigenvalue weighted by Crippen LogP contribution is 2.39. The molecule has 0 aliphatic heterocycles. The van der Waals surface area contributed by atoms with Gasteiger partial charge < -0.3 is 37.9 Å². The van der Waals surface area contributed by atoms with Gasteiger partial charge in [0.25, 0.3) is 0 Å². The lowest BCUT2D eigenvalue weighted by Gasteiger charge is -2.22. The number of hydrogen-bond acceptors (Lipinski definition) is 8. The van der Waals surface area contributed by atoms with Crippen molar-refractivity contribution >= 4 is 23.2 Å². The fourth-order valence-electron chi connectivity index (χ4n) is 6.79. The van der Waals surface area contributed by atoms with Crippen LogP contribution in [0.2, 0.25) is 0 Å². The molecule has 0 unspecified atom stereocenters. The number of fused-ring (bicyclic) bond motifs is 8. The largest absolute Gasteiger partial charge is 0.493 e. The maximum absolute atomic E-state index is 6.65. The summed E-state index contributed by atoms with van der Waals surface area (Å²) in [6.45, 7) is 10.2. The first-order chi connectivity index (χ1) is 27.7. The number of hydrogen-bond donors (Lipinski definition) is 0. The maximum Gasteiger partial charge on any atom is 0.126 e. The van der Waals surface area contributed by atoms with Gasteiger partial charge in [0.2, 0.25) is 0 Å². The van der Waals surface area contributed by atoms with Crippen LogP contribution in [-0.2, 0) is 44.6 Å². The third-order valence-electron chi connectivity index (χ3n) is 9.27. The zero-order valence-electron chi connectivity index (χ0n) is 33.1. The Kier molecular flexibility index (Phi) is 19.5. The fourth-order valence-corrected chi connectivity index (χ4v) is 7.01. The van der Waals surface area contributed by atoms with E-state index in [0.717, 1.165) is 80.3 Å². The first-order valence-electron chi connectivity index (χ1n) is 20.0. The molecule has 0 saturated carbocycles. The second kappa shape index (κ2) is 25.0. The molecule has 4 aromatic carbocycles. The summed E-state index contributed by atoms with van der Waals surface area (Å²) in [5.74, 6) is 4.50. The molecule has 56 heavy (non-hydrogen) atoms. The predicted octanol–water partition coefficient (Wildman–Crippen LogP) is 9.24. The van der Waals surface area contributed by atoms with E-state index in [-0.39, 0.29) is 0 Å². The molecule has 4 aromatic rings. The molecule has 0 amide bonds. The quantitative estimate of drug-likeness (QED) is 0.0452. The summed E-state index contributed by atoms with van der Waals surface area (Å²) in [6, 6.07) is 25.8. The second-order valence-corrected chi connectivity index (χ2v) is 14.3. The molecule has 0 spiro atoms. The van der Waals surface area contributed by atoms with Crippen LogP contribution in [-0.4, -0.2) is 91.0 Å². The molecule has 5 rings (SSSR count). The molecule has 0 atom stereocenters. The van der Waals surface area contributed by atoms with Crippen LogP contribution in [0.25, 0.3) is 0 Å². The van der Waals surface area contributed by atoms with Crippen molar-refractivity contribution in [1.82, 2.24) is 0 Å². The van der Waals surface area contributed by atoms with Crippen LogP contribution in [0.5, 0.6) is 23.0 Å². The summed E-state index contributed by atoms with van der Waals surface area (Å²) in [7, 11) is 0. The van der Waals surface area contributed by atoms with Gasteiger partial charge in [0.1, 0.15) is 36.2 Å². The Balaban J connectivity index is 1.54. The molecule has 0 N–H and O–H groups in total. The van der Waals surface area contributed by atoms with Crippen LogP contribution in [0.3, 0.4) is 0 Å². The van der Waals surface area contributed by atoms with E-state index >= 15 is 0 Å². The SMILES string of the molecule is CCCOc1c2cccc1Cc1cccc(c1OCCOCCOCCCl)Cc1cccc(c1OCCC)Cc1cccc(c1OCCOCCOCCCl)C2. The van der Waals surface area contributed by atoms with E-state index in [4.69, 9.17) is 61.1 Å². The minimum Gasteiger partial charge on any atom is -0.493 e. The molecular formula is C46H58Cl2O8. The summed E-state index contributed by atoms with van der Waals surface area (Å²) in [4.78, 5) is 0. The normalized spacial score (nSPS) is 12.4. The summed E-state index contributed by atoms with van der Waals surface area (Å²) in [6.07, 6.45) is 4.34. The molecule has 1 aliphatic rings. The lowest BCUT2D eigenvalue weighted by molar-refractivity contribution is 0.0408. The van der Waals surface area contributed by atoms with E-state index in [9.17, 15) is 0 Å². The van der Waals surface area contributed by atoms with E-state index in [2.05, 4.69) is 86.6 Å². The lowest BCUT2D eigenvalue weighted by atomic mass is 9.91. The fraction of sp³-hybridized carbons (Fsp3) is 0.478. The number of benzene rings is 4. The van der Waals surface area contributed by atoms with Gasteiger partial charge in [-0.05, 0) is 57.3 Å². The summed E-state index contributed by atoms with van der Waals surface area (Å²) < 4.78 is 49.1. The first-order valence-corrected chi connectivity index (χ1v) is 21.1. The highest BCUT2D eigenvalue weighted by Gasteiger charge is 2.21. The zero-order chi connectivity index (χ0) is 39.2. The molecular weight excluding hydrogens is 751 g/mol. The van der Waals surface area contributed by atoms with Crippen molar-refractivity contribution in [3.8, 4) is 23.0 Å². The molecule has 8 nitrogen and oxygen atoms in total. The Labute approximate surface area is 343 Å². The summed E-state index contributed by atoms with van der Waals surface area (Å²) >= 11 is 11.5. The minimum atomic E-state index is 0.405. The van der Waals surface area contributed by atoms with Crippen LogP contribution in [0.4, 0.5) is 0 Å². The Morgan fingerprint density at radius 1 is 0.339 bits per heavy atom. The van der Waals surface area contributed by atoms with E-state index in [1.165, 1.54) is 0 Å². The first kappa shape index (κ1) is 43.6. The van der Waals surface area contributed by atoms with Gasteiger partial charge in [-0.3, -0.25) is 0 Å². The van der Waals surface area contributed by atoms with E-state index in [1.807, 2.05) is 0 Å². The van der Waals surface area contributed by atoms with Gasteiger partial charge in [-0.25, -0.2) is 0 Å². The molecule has 10 heteroatoms. The third kappa shape index (κ3) is 13.3. The van der Waals surface area contributed by atoms with Crippen molar-refractivity contribution in [2.45, 2.75) is 52.4 Å². The Bertz CT molecular complexity index is 1540. The number of alkyl halides is 2. The van der Waals surface area contributed by atoms with E-state index < -0.39 is 0 Å². The molecule has 0 heterocycles. The topological polar surface area (TPSA) is 73.8 Å². The number of halogens is 2. The van der Waals surface area contributed by atoms with Gasteiger partial charge in [0, 0.05) is 37.4 Å². The minimum absolute atomic E-state index is 0.405. The average molecular weight is 810 g/mol. The molecule has 8 bridgehead atoms. The molecule has 1 aliphatic carbocycles. The zero-order valence-corrected chi connectivity index (χ0v) is 34.6. The number of rotatable bonds is 24. The second-order valence-electron chi connectivity index (χ2n) is 13.5. The van der Waals surface area contributed by atoms with Crippen molar-refractivity contribution in [3.63, 3.8) is 0 Å². The van der Waals surface area contributed by atoms with Crippen LogP contribution in [0.15, 0.2) is 72.8 Å². The Morgan fingerprint density at radius 2 is 0.571 bits per heavy atom. The molecule has 0 radical (unpaired) electrons. The van der Waals surface area contributed by atoms with Crippen molar-refractivity contribution < 1.29 is 37.9 Å². The molecule has 0 fully saturated rings. The van der Waals surface area contributed by atoms with Crippen LogP contribution in [0, 0.1) is 0 Å². The standard InChI is InChI=1S/C46H58Cl2O8/c1-3-19-53-43-35-9-5-10-36(43)32-40-14-8-16-42(46(40)56-30-28-52-26-24-50-22-18-48)34-38-12-6-11-37(44(38)54-20-4-2)33-41-15-7-13-39(31-35)45(41)55-29-27-51-25-23-49-21-17-47/h5-16H,3-4,17-34H2,1-2H3. The highest BCUT2D eigenvalue weighted by molar-refractivity contribution is 6.18.